The van der Waals surface area contributed by atoms with Gasteiger partial charge in [0.2, 0.25) is 5.91 Å². The SMILES string of the molecule is CC(OC(=O)c1ccc2c(c1)NC(=O)C(C)S2)C(=O)Nc1ccc(OC(F)F)c(Cl)c1. The van der Waals surface area contributed by atoms with Crippen LogP contribution >= 0.6 is 23.4 Å². The molecule has 11 heteroatoms. The molecule has 1 heterocycles. The molecule has 164 valence electrons. The number of halogens is 3. The van der Waals surface area contributed by atoms with E-state index < -0.39 is 24.6 Å². The fourth-order valence-corrected chi connectivity index (χ4v) is 3.79. The molecule has 0 aliphatic carbocycles. The lowest BCUT2D eigenvalue weighted by Gasteiger charge is -2.22. The van der Waals surface area contributed by atoms with Crippen molar-refractivity contribution in [2.75, 3.05) is 10.6 Å². The van der Waals surface area contributed by atoms with Gasteiger partial charge in [0.25, 0.3) is 5.91 Å². The van der Waals surface area contributed by atoms with E-state index in [-0.39, 0.29) is 33.2 Å². The van der Waals surface area contributed by atoms with Crippen LogP contribution in [0.2, 0.25) is 5.02 Å². The first-order chi connectivity index (χ1) is 14.6. The van der Waals surface area contributed by atoms with Crippen molar-refractivity contribution in [3.63, 3.8) is 0 Å². The summed E-state index contributed by atoms with van der Waals surface area (Å²) in [5.41, 5.74) is 0.882. The van der Waals surface area contributed by atoms with Crippen molar-refractivity contribution in [1.82, 2.24) is 0 Å². The average Bonchev–Trinajstić information content (AvgIpc) is 2.70. The van der Waals surface area contributed by atoms with Gasteiger partial charge in [0, 0.05) is 10.6 Å². The Labute approximate surface area is 185 Å². The van der Waals surface area contributed by atoms with Gasteiger partial charge >= 0.3 is 12.6 Å². The normalized spacial score (nSPS) is 16.2. The van der Waals surface area contributed by atoms with Crippen LogP contribution in [-0.4, -0.2) is 35.7 Å². The molecule has 2 aromatic rings. The highest BCUT2D eigenvalue weighted by Gasteiger charge is 2.25. The molecule has 31 heavy (non-hydrogen) atoms. The Bertz CT molecular complexity index is 1040. The van der Waals surface area contributed by atoms with Gasteiger partial charge in [-0.25, -0.2) is 4.79 Å². The Morgan fingerprint density at radius 3 is 2.65 bits per heavy atom. The zero-order valence-corrected chi connectivity index (χ0v) is 17.9. The number of benzene rings is 2. The summed E-state index contributed by atoms with van der Waals surface area (Å²) in [5.74, 6) is -1.80. The molecular weight excluding hydrogens is 454 g/mol. The molecule has 1 aliphatic heterocycles. The Morgan fingerprint density at radius 1 is 1.23 bits per heavy atom. The standard InChI is InChI=1S/C20H17ClF2N2O5S/c1-9(17(26)24-12-4-5-15(13(21)8-12)30-20(22)23)29-19(28)11-3-6-16-14(7-11)25-18(27)10(2)31-16/h3-10,20H,1-2H3,(H,24,26)(H,25,27). The van der Waals surface area contributed by atoms with E-state index in [1.807, 2.05) is 0 Å². The van der Waals surface area contributed by atoms with Crippen LogP contribution in [0.5, 0.6) is 5.75 Å². The number of amides is 2. The van der Waals surface area contributed by atoms with Gasteiger partial charge in [-0.15, -0.1) is 11.8 Å². The Hall–Kier alpha value is -2.85. The maximum Gasteiger partial charge on any atom is 0.387 e. The minimum absolute atomic E-state index is 0.119. The number of ether oxygens (including phenoxy) is 2. The molecular formula is C20H17ClF2N2O5S. The molecule has 0 bridgehead atoms. The smallest absolute Gasteiger partial charge is 0.387 e. The number of anilines is 2. The lowest BCUT2D eigenvalue weighted by atomic mass is 10.2. The number of esters is 1. The maximum absolute atomic E-state index is 12.4. The van der Waals surface area contributed by atoms with Gasteiger partial charge in [0.15, 0.2) is 6.10 Å². The van der Waals surface area contributed by atoms with Gasteiger partial charge < -0.3 is 20.1 Å². The molecule has 2 N–H and O–H groups in total. The number of fused-ring (bicyclic) bond motifs is 1. The third-order valence-corrected chi connectivity index (χ3v) is 5.69. The van der Waals surface area contributed by atoms with Crippen molar-refractivity contribution in [2.45, 2.75) is 36.7 Å². The average molecular weight is 471 g/mol. The van der Waals surface area contributed by atoms with Crippen molar-refractivity contribution in [3.05, 3.63) is 47.0 Å². The molecule has 3 rings (SSSR count). The molecule has 2 aromatic carbocycles. The van der Waals surface area contributed by atoms with E-state index in [1.165, 1.54) is 43.0 Å². The molecule has 2 amide bonds. The summed E-state index contributed by atoms with van der Waals surface area (Å²) in [6.45, 7) is 0.120. The van der Waals surface area contributed by atoms with Gasteiger partial charge in [-0.05, 0) is 50.2 Å². The molecule has 7 nitrogen and oxygen atoms in total. The van der Waals surface area contributed by atoms with E-state index in [2.05, 4.69) is 15.4 Å². The summed E-state index contributed by atoms with van der Waals surface area (Å²) in [6.07, 6.45) is -1.16. The molecule has 2 atom stereocenters. The molecule has 2 unspecified atom stereocenters. The predicted molar refractivity (Wildman–Crippen MR) is 112 cm³/mol. The largest absolute Gasteiger partial charge is 0.449 e. The fraction of sp³-hybridized carbons (Fsp3) is 0.250. The summed E-state index contributed by atoms with van der Waals surface area (Å²) < 4.78 is 34.0. The monoisotopic (exact) mass is 470 g/mol. The van der Waals surface area contributed by atoms with Crippen molar-refractivity contribution in [3.8, 4) is 5.75 Å². The minimum atomic E-state index is -3.03. The highest BCUT2D eigenvalue weighted by Crippen LogP contribution is 2.36. The molecule has 1 aliphatic rings. The number of rotatable bonds is 6. The Morgan fingerprint density at radius 2 is 1.97 bits per heavy atom. The van der Waals surface area contributed by atoms with Crippen molar-refractivity contribution < 1.29 is 32.6 Å². The van der Waals surface area contributed by atoms with Gasteiger partial charge in [-0.2, -0.15) is 8.78 Å². The molecule has 0 saturated heterocycles. The zero-order chi connectivity index (χ0) is 22.7. The van der Waals surface area contributed by atoms with E-state index >= 15 is 0 Å². The lowest BCUT2D eigenvalue weighted by Crippen LogP contribution is -2.30. The van der Waals surface area contributed by atoms with Gasteiger partial charge in [0.1, 0.15) is 5.75 Å². The fourth-order valence-electron chi connectivity index (χ4n) is 2.63. The third-order valence-electron chi connectivity index (χ3n) is 4.21. The second kappa shape index (κ2) is 9.52. The van der Waals surface area contributed by atoms with E-state index in [0.717, 1.165) is 4.90 Å². The Kier molecular flexibility index (Phi) is 7.01. The van der Waals surface area contributed by atoms with E-state index in [9.17, 15) is 23.2 Å². The molecule has 0 fully saturated rings. The van der Waals surface area contributed by atoms with E-state index in [1.54, 1.807) is 19.1 Å². The number of alkyl halides is 2. The summed E-state index contributed by atoms with van der Waals surface area (Å²) >= 11 is 7.23. The van der Waals surface area contributed by atoms with Gasteiger partial charge in [0.05, 0.1) is 21.5 Å². The highest BCUT2D eigenvalue weighted by molar-refractivity contribution is 8.00. The number of carbonyl (C=O) groups is 3. The molecule has 0 aromatic heterocycles. The molecule has 0 radical (unpaired) electrons. The minimum Gasteiger partial charge on any atom is -0.449 e. The first-order valence-corrected chi connectivity index (χ1v) is 10.3. The van der Waals surface area contributed by atoms with Crippen molar-refractivity contribution in [1.29, 1.82) is 0 Å². The van der Waals surface area contributed by atoms with Crippen molar-refractivity contribution >= 4 is 52.5 Å². The predicted octanol–water partition coefficient (Wildman–Crippen LogP) is 4.56. The lowest BCUT2D eigenvalue weighted by molar-refractivity contribution is -0.123. The van der Waals surface area contributed by atoms with Gasteiger partial charge in [-0.1, -0.05) is 11.6 Å². The second-order valence-electron chi connectivity index (χ2n) is 6.52. The van der Waals surface area contributed by atoms with Crippen LogP contribution in [0.4, 0.5) is 20.2 Å². The summed E-state index contributed by atoms with van der Waals surface area (Å²) in [5, 5.41) is 4.84. The first-order valence-electron chi connectivity index (χ1n) is 9.02. The highest BCUT2D eigenvalue weighted by atomic mass is 35.5. The first kappa shape index (κ1) is 22.8. The molecule has 0 spiro atoms. The van der Waals surface area contributed by atoms with Crippen LogP contribution in [0.3, 0.4) is 0 Å². The number of thioether (sulfide) groups is 1. The maximum atomic E-state index is 12.4. The third kappa shape index (κ3) is 5.65. The topological polar surface area (TPSA) is 93.7 Å². The van der Waals surface area contributed by atoms with Crippen LogP contribution < -0.4 is 15.4 Å². The van der Waals surface area contributed by atoms with Crippen LogP contribution in [0, 0.1) is 0 Å². The van der Waals surface area contributed by atoms with Crippen LogP contribution in [0.1, 0.15) is 24.2 Å². The second-order valence-corrected chi connectivity index (χ2v) is 8.31. The number of hydrogen-bond acceptors (Lipinski definition) is 6. The summed E-state index contributed by atoms with van der Waals surface area (Å²) in [4.78, 5) is 37.4. The van der Waals surface area contributed by atoms with E-state index in [0.29, 0.717) is 5.69 Å². The number of carbonyl (C=O) groups excluding carboxylic acids is 3. The molecule has 0 saturated carbocycles. The Balaban J connectivity index is 1.62. The van der Waals surface area contributed by atoms with Crippen molar-refractivity contribution in [2.24, 2.45) is 0 Å². The van der Waals surface area contributed by atoms with Crippen LogP contribution in [0.25, 0.3) is 0 Å². The van der Waals surface area contributed by atoms with Gasteiger partial charge in [-0.3, -0.25) is 9.59 Å². The van der Waals surface area contributed by atoms with E-state index in [4.69, 9.17) is 16.3 Å². The van der Waals surface area contributed by atoms with Crippen LogP contribution in [0.15, 0.2) is 41.3 Å². The zero-order valence-electron chi connectivity index (χ0n) is 16.3. The number of hydrogen-bond donors (Lipinski definition) is 2. The summed E-state index contributed by atoms with van der Waals surface area (Å²) in [7, 11) is 0. The van der Waals surface area contributed by atoms with Crippen LogP contribution in [-0.2, 0) is 14.3 Å². The number of nitrogens with one attached hydrogen (secondary N) is 2. The summed E-state index contributed by atoms with van der Waals surface area (Å²) in [6, 6.07) is 8.46. The quantitative estimate of drug-likeness (QED) is 0.601.